The molecule has 0 saturated heterocycles. The second-order valence-corrected chi connectivity index (χ2v) is 5.77. The molecule has 0 radical (unpaired) electrons. The van der Waals surface area contributed by atoms with E-state index in [0.717, 1.165) is 22.3 Å². The van der Waals surface area contributed by atoms with E-state index in [1.807, 2.05) is 51.2 Å². The summed E-state index contributed by atoms with van der Waals surface area (Å²) in [5.41, 5.74) is 3.52. The van der Waals surface area contributed by atoms with Crippen LogP contribution < -0.4 is 10.7 Å². The highest BCUT2D eigenvalue weighted by atomic mass is 16.2. The van der Waals surface area contributed by atoms with Crippen LogP contribution in [-0.2, 0) is 7.05 Å². The van der Waals surface area contributed by atoms with Crippen molar-refractivity contribution in [3.63, 3.8) is 0 Å². The first-order chi connectivity index (χ1) is 11.0. The Morgan fingerprint density at radius 3 is 2.57 bits per heavy atom. The minimum absolute atomic E-state index is 0.145. The van der Waals surface area contributed by atoms with E-state index in [-0.39, 0.29) is 16.9 Å². The van der Waals surface area contributed by atoms with Crippen LogP contribution in [0, 0.1) is 13.8 Å². The normalized spacial score (nSPS) is 10.7. The average Bonchev–Trinajstić information content (AvgIpc) is 2.53. The third-order valence-electron chi connectivity index (χ3n) is 3.97. The van der Waals surface area contributed by atoms with Crippen molar-refractivity contribution in [3.05, 3.63) is 75.6 Å². The minimum atomic E-state index is -0.386. The van der Waals surface area contributed by atoms with Gasteiger partial charge in [-0.15, -0.1) is 0 Å². The Labute approximate surface area is 134 Å². The van der Waals surface area contributed by atoms with Crippen molar-refractivity contribution in [2.45, 2.75) is 13.8 Å². The monoisotopic (exact) mass is 306 g/mol. The number of fused-ring (bicyclic) bond motifs is 1. The Bertz CT molecular complexity index is 971. The number of aryl methyl sites for hydroxylation is 3. The third-order valence-corrected chi connectivity index (χ3v) is 3.97. The molecule has 0 aliphatic heterocycles. The van der Waals surface area contributed by atoms with Gasteiger partial charge in [0.05, 0.1) is 5.52 Å². The molecule has 1 heterocycles. The molecule has 4 nitrogen and oxygen atoms in total. The van der Waals surface area contributed by atoms with Crippen molar-refractivity contribution in [2.75, 3.05) is 5.32 Å². The van der Waals surface area contributed by atoms with Crippen LogP contribution in [0.3, 0.4) is 0 Å². The van der Waals surface area contributed by atoms with Gasteiger partial charge < -0.3 is 9.88 Å². The number of carbonyl (C=O) groups is 1. The summed E-state index contributed by atoms with van der Waals surface area (Å²) in [6.07, 6.45) is 1.59. The second-order valence-electron chi connectivity index (χ2n) is 5.77. The molecule has 0 aliphatic rings. The zero-order valence-electron chi connectivity index (χ0n) is 13.4. The van der Waals surface area contributed by atoms with Crippen molar-refractivity contribution >= 4 is 22.5 Å². The number of para-hydroxylation sites is 1. The lowest BCUT2D eigenvalue weighted by molar-refractivity contribution is 0.102. The molecule has 0 fully saturated rings. The molecular weight excluding hydrogens is 288 g/mol. The summed E-state index contributed by atoms with van der Waals surface area (Å²) < 4.78 is 1.80. The first kappa shape index (κ1) is 15.0. The quantitative estimate of drug-likeness (QED) is 0.789. The number of anilines is 1. The van der Waals surface area contributed by atoms with E-state index in [2.05, 4.69) is 5.32 Å². The number of nitrogens with one attached hydrogen (secondary N) is 1. The fraction of sp³-hybridized carbons (Fsp3) is 0.158. The van der Waals surface area contributed by atoms with Gasteiger partial charge in [-0.25, -0.2) is 0 Å². The molecule has 0 unspecified atom stereocenters. The van der Waals surface area contributed by atoms with E-state index >= 15 is 0 Å². The third kappa shape index (κ3) is 2.75. The second kappa shape index (κ2) is 5.72. The van der Waals surface area contributed by atoms with Gasteiger partial charge in [0.25, 0.3) is 5.91 Å². The van der Waals surface area contributed by atoms with E-state index in [1.165, 1.54) is 0 Å². The number of nitrogens with zero attached hydrogens (tertiary/aromatic N) is 1. The average molecular weight is 306 g/mol. The summed E-state index contributed by atoms with van der Waals surface area (Å²) in [4.78, 5) is 25.1. The van der Waals surface area contributed by atoms with Crippen LogP contribution >= 0.6 is 0 Å². The molecule has 2 aromatic carbocycles. The molecule has 3 rings (SSSR count). The van der Waals surface area contributed by atoms with Gasteiger partial charge in [-0.3, -0.25) is 9.59 Å². The zero-order valence-corrected chi connectivity index (χ0v) is 13.4. The van der Waals surface area contributed by atoms with Gasteiger partial charge in [0, 0.05) is 24.3 Å². The van der Waals surface area contributed by atoms with Crippen LogP contribution in [0.4, 0.5) is 5.69 Å². The van der Waals surface area contributed by atoms with E-state index in [9.17, 15) is 9.59 Å². The maximum atomic E-state index is 12.6. The predicted octanol–water partition coefficient (Wildman–Crippen LogP) is 3.41. The van der Waals surface area contributed by atoms with Crippen molar-refractivity contribution in [1.82, 2.24) is 4.57 Å². The molecule has 23 heavy (non-hydrogen) atoms. The highest BCUT2D eigenvalue weighted by Gasteiger charge is 2.15. The first-order valence-electron chi connectivity index (χ1n) is 7.44. The molecule has 116 valence electrons. The maximum absolute atomic E-state index is 12.6. The number of carbonyl (C=O) groups excluding carboxylic acids is 1. The predicted molar refractivity (Wildman–Crippen MR) is 93.1 cm³/mol. The summed E-state index contributed by atoms with van der Waals surface area (Å²) in [5.74, 6) is -0.386. The molecule has 1 amide bonds. The SMILES string of the molecule is Cc1ccc(NC(=O)c2cn(C)c3ccccc3c2=O)c(C)c1. The summed E-state index contributed by atoms with van der Waals surface area (Å²) in [6, 6.07) is 13.1. The number of hydrogen-bond acceptors (Lipinski definition) is 2. The number of rotatable bonds is 2. The van der Waals surface area contributed by atoms with Gasteiger partial charge in [-0.05, 0) is 37.6 Å². The van der Waals surface area contributed by atoms with Gasteiger partial charge >= 0.3 is 0 Å². The van der Waals surface area contributed by atoms with E-state index in [0.29, 0.717) is 5.39 Å². The highest BCUT2D eigenvalue weighted by Crippen LogP contribution is 2.17. The van der Waals surface area contributed by atoms with Crippen LogP contribution in [0.1, 0.15) is 21.5 Å². The molecule has 0 aliphatic carbocycles. The molecule has 4 heteroatoms. The van der Waals surface area contributed by atoms with Crippen LogP contribution in [-0.4, -0.2) is 10.5 Å². The fourth-order valence-electron chi connectivity index (χ4n) is 2.75. The largest absolute Gasteiger partial charge is 0.350 e. The number of aromatic nitrogens is 1. The lowest BCUT2D eigenvalue weighted by Gasteiger charge is -2.11. The van der Waals surface area contributed by atoms with Crippen LogP contribution in [0.2, 0.25) is 0 Å². The lowest BCUT2D eigenvalue weighted by Crippen LogP contribution is -2.23. The van der Waals surface area contributed by atoms with Gasteiger partial charge in [0.2, 0.25) is 5.43 Å². The Kier molecular flexibility index (Phi) is 3.74. The maximum Gasteiger partial charge on any atom is 0.261 e. The Morgan fingerprint density at radius 2 is 1.83 bits per heavy atom. The zero-order chi connectivity index (χ0) is 16.6. The van der Waals surface area contributed by atoms with Crippen LogP contribution in [0.25, 0.3) is 10.9 Å². The standard InChI is InChI=1S/C19H18N2O2/c1-12-8-9-16(13(2)10-12)20-19(23)15-11-21(3)17-7-5-4-6-14(17)18(15)22/h4-11H,1-3H3,(H,20,23). The van der Waals surface area contributed by atoms with Crippen LogP contribution in [0.15, 0.2) is 53.5 Å². The van der Waals surface area contributed by atoms with Gasteiger partial charge in [-0.1, -0.05) is 29.8 Å². The smallest absolute Gasteiger partial charge is 0.261 e. The molecule has 3 aromatic rings. The highest BCUT2D eigenvalue weighted by molar-refractivity contribution is 6.06. The van der Waals surface area contributed by atoms with Crippen molar-refractivity contribution in [2.24, 2.45) is 7.05 Å². The number of pyridine rings is 1. The first-order valence-corrected chi connectivity index (χ1v) is 7.44. The summed E-state index contributed by atoms with van der Waals surface area (Å²) in [5, 5.41) is 3.38. The molecule has 1 aromatic heterocycles. The van der Waals surface area contributed by atoms with Gasteiger partial charge in [-0.2, -0.15) is 0 Å². The van der Waals surface area contributed by atoms with Gasteiger partial charge in [0.1, 0.15) is 5.56 Å². The van der Waals surface area contributed by atoms with Crippen molar-refractivity contribution in [3.8, 4) is 0 Å². The molecular formula is C19H18N2O2. The Balaban J connectivity index is 2.04. The number of amides is 1. The van der Waals surface area contributed by atoms with Crippen molar-refractivity contribution in [1.29, 1.82) is 0 Å². The molecule has 0 saturated carbocycles. The van der Waals surface area contributed by atoms with E-state index in [1.54, 1.807) is 22.9 Å². The molecule has 0 atom stereocenters. The molecule has 0 spiro atoms. The van der Waals surface area contributed by atoms with Crippen molar-refractivity contribution < 1.29 is 4.79 Å². The number of hydrogen-bond donors (Lipinski definition) is 1. The molecule has 0 bridgehead atoms. The summed E-state index contributed by atoms with van der Waals surface area (Å²) in [7, 11) is 1.83. The van der Waals surface area contributed by atoms with Crippen LogP contribution in [0.5, 0.6) is 0 Å². The topological polar surface area (TPSA) is 51.1 Å². The fourth-order valence-corrected chi connectivity index (χ4v) is 2.75. The Hall–Kier alpha value is -2.88. The van der Waals surface area contributed by atoms with Gasteiger partial charge in [0.15, 0.2) is 0 Å². The lowest BCUT2D eigenvalue weighted by atomic mass is 10.1. The number of benzene rings is 2. The summed E-state index contributed by atoms with van der Waals surface area (Å²) >= 11 is 0. The summed E-state index contributed by atoms with van der Waals surface area (Å²) in [6.45, 7) is 3.93. The Morgan fingerprint density at radius 1 is 1.09 bits per heavy atom. The van der Waals surface area contributed by atoms with E-state index < -0.39 is 0 Å². The van der Waals surface area contributed by atoms with E-state index in [4.69, 9.17) is 0 Å². The molecule has 1 N–H and O–H groups in total. The minimum Gasteiger partial charge on any atom is -0.350 e.